The first-order valence-electron chi connectivity index (χ1n) is 14.6. The van der Waals surface area contributed by atoms with E-state index in [1.807, 2.05) is 0 Å². The molecule has 17 heteroatoms. The fourth-order valence-corrected chi connectivity index (χ4v) is 4.88. The summed E-state index contributed by atoms with van der Waals surface area (Å²) in [5.41, 5.74) is 0.524. The van der Waals surface area contributed by atoms with Crippen molar-refractivity contribution in [3.63, 3.8) is 0 Å². The van der Waals surface area contributed by atoms with Crippen molar-refractivity contribution in [2.75, 3.05) is 27.4 Å². The summed E-state index contributed by atoms with van der Waals surface area (Å²) in [4.78, 5) is 71.6. The van der Waals surface area contributed by atoms with E-state index in [4.69, 9.17) is 52.1 Å². The maximum Gasteiger partial charge on any atom is 0.330 e. The lowest BCUT2D eigenvalue weighted by Crippen LogP contribution is -2.59. The Morgan fingerprint density at radius 1 is 0.750 bits per heavy atom. The highest BCUT2D eigenvalue weighted by atomic mass is 16.8. The fourth-order valence-electron chi connectivity index (χ4n) is 4.88. The van der Waals surface area contributed by atoms with Gasteiger partial charge in [-0.1, -0.05) is 6.07 Å². The molecule has 0 amide bonds. The van der Waals surface area contributed by atoms with E-state index in [0.717, 1.165) is 33.8 Å². The smallest absolute Gasteiger partial charge is 0.330 e. The Hall–Kier alpha value is -4.58. The summed E-state index contributed by atoms with van der Waals surface area (Å²) < 4.78 is 60.1. The van der Waals surface area contributed by atoms with Gasteiger partial charge in [0.1, 0.15) is 24.9 Å². The molecule has 17 nitrogen and oxygen atoms in total. The molecule has 2 heterocycles. The molecule has 2 saturated heterocycles. The fraction of sp³-hybridized carbons (Fsp3) is 0.548. The molecular weight excluding hydrogens is 644 g/mol. The zero-order valence-electron chi connectivity index (χ0n) is 27.4. The number of methoxy groups -OCH3 is 2. The number of hydrogen-bond donors (Lipinski definition) is 0. The number of carbonyl (C=O) groups excluding carboxylic acids is 6. The van der Waals surface area contributed by atoms with E-state index in [9.17, 15) is 28.8 Å². The zero-order valence-corrected chi connectivity index (χ0v) is 27.4. The number of esters is 6. The molecule has 0 aliphatic carbocycles. The van der Waals surface area contributed by atoms with Crippen LogP contribution in [0.1, 0.15) is 40.2 Å². The molecular formula is C31H38O17. The van der Waals surface area contributed by atoms with Gasteiger partial charge in [0.15, 0.2) is 36.1 Å². The van der Waals surface area contributed by atoms with Gasteiger partial charge in [0, 0.05) is 47.8 Å². The Morgan fingerprint density at radius 2 is 1.40 bits per heavy atom. The van der Waals surface area contributed by atoms with Crippen LogP contribution in [0.2, 0.25) is 0 Å². The predicted octanol–water partition coefficient (Wildman–Crippen LogP) is 1.02. The summed E-state index contributed by atoms with van der Waals surface area (Å²) >= 11 is 0. The van der Waals surface area contributed by atoms with Crippen molar-refractivity contribution < 1.29 is 80.9 Å². The van der Waals surface area contributed by atoms with Gasteiger partial charge in [0.25, 0.3) is 0 Å². The van der Waals surface area contributed by atoms with Crippen molar-refractivity contribution in [1.82, 2.24) is 0 Å². The van der Waals surface area contributed by atoms with Crippen LogP contribution in [-0.4, -0.2) is 112 Å². The van der Waals surface area contributed by atoms with Crippen LogP contribution < -0.4 is 9.47 Å². The van der Waals surface area contributed by atoms with Crippen LogP contribution >= 0.6 is 0 Å². The van der Waals surface area contributed by atoms with Gasteiger partial charge in [-0.05, 0) is 23.8 Å². The third-order valence-corrected chi connectivity index (χ3v) is 6.66. The summed E-state index contributed by atoms with van der Waals surface area (Å²) in [7, 11) is 2.68. The molecule has 0 saturated carbocycles. The Labute approximate surface area is 275 Å². The minimum atomic E-state index is -1.43. The van der Waals surface area contributed by atoms with Gasteiger partial charge in [0.2, 0.25) is 6.29 Å². The highest BCUT2D eigenvalue weighted by Crippen LogP contribution is 2.33. The molecule has 2 aliphatic rings. The monoisotopic (exact) mass is 682 g/mol. The van der Waals surface area contributed by atoms with Crippen LogP contribution in [0, 0.1) is 0 Å². The van der Waals surface area contributed by atoms with Crippen molar-refractivity contribution in [2.45, 2.75) is 83.8 Å². The molecule has 1 aromatic rings. The second kappa shape index (κ2) is 17.5. The summed E-state index contributed by atoms with van der Waals surface area (Å²) in [5.74, 6) is -3.82. The van der Waals surface area contributed by atoms with Gasteiger partial charge >= 0.3 is 35.8 Å². The molecule has 0 spiro atoms. The van der Waals surface area contributed by atoms with Crippen molar-refractivity contribution in [1.29, 1.82) is 0 Å². The first-order valence-corrected chi connectivity index (χ1v) is 14.6. The van der Waals surface area contributed by atoms with Crippen LogP contribution in [-0.2, 0) is 71.4 Å². The minimum Gasteiger partial charge on any atom is -0.493 e. The average molecular weight is 683 g/mol. The van der Waals surface area contributed by atoms with Crippen LogP contribution in [0.3, 0.4) is 0 Å². The normalized spacial score (nSPS) is 26.6. The Bertz CT molecular complexity index is 1370. The summed E-state index contributed by atoms with van der Waals surface area (Å²) in [6.45, 7) is 5.02. The summed E-state index contributed by atoms with van der Waals surface area (Å²) in [5, 5.41) is 0. The van der Waals surface area contributed by atoms with Crippen molar-refractivity contribution in [2.24, 2.45) is 0 Å². The molecule has 8 atom stereocenters. The first kappa shape index (κ1) is 37.9. The minimum absolute atomic E-state index is 0.199. The highest BCUT2D eigenvalue weighted by molar-refractivity contribution is 5.87. The number of hydrogen-bond acceptors (Lipinski definition) is 17. The highest BCUT2D eigenvalue weighted by Gasteiger charge is 2.54. The molecule has 264 valence electrons. The summed E-state index contributed by atoms with van der Waals surface area (Å²) in [6.07, 6.45) is -7.58. The van der Waals surface area contributed by atoms with Crippen LogP contribution in [0.5, 0.6) is 11.5 Å². The molecule has 0 aromatic heterocycles. The van der Waals surface area contributed by atoms with Gasteiger partial charge in [-0.25, -0.2) is 4.79 Å². The maximum atomic E-state index is 12.6. The van der Waals surface area contributed by atoms with Crippen molar-refractivity contribution in [3.8, 4) is 11.5 Å². The topological polar surface area (TPSA) is 204 Å². The number of carbonyl (C=O) groups is 6. The molecule has 2 aliphatic heterocycles. The molecule has 0 radical (unpaired) electrons. The molecule has 0 unspecified atom stereocenters. The van der Waals surface area contributed by atoms with E-state index in [-0.39, 0.29) is 18.1 Å². The van der Waals surface area contributed by atoms with Crippen molar-refractivity contribution in [3.05, 3.63) is 29.8 Å². The van der Waals surface area contributed by atoms with Crippen molar-refractivity contribution >= 4 is 41.9 Å². The van der Waals surface area contributed by atoms with Gasteiger partial charge < -0.3 is 52.1 Å². The zero-order chi connectivity index (χ0) is 35.5. The van der Waals surface area contributed by atoms with Gasteiger partial charge in [-0.2, -0.15) is 0 Å². The lowest BCUT2D eigenvalue weighted by Gasteiger charge is -2.41. The average Bonchev–Trinajstić information content (AvgIpc) is 3.32. The number of ether oxygens (including phenoxy) is 11. The van der Waals surface area contributed by atoms with Crippen LogP contribution in [0.4, 0.5) is 0 Å². The largest absolute Gasteiger partial charge is 0.493 e. The third kappa shape index (κ3) is 10.7. The third-order valence-electron chi connectivity index (χ3n) is 6.66. The van der Waals surface area contributed by atoms with Crippen LogP contribution in [0.15, 0.2) is 24.3 Å². The van der Waals surface area contributed by atoms with Gasteiger partial charge in [-0.15, -0.1) is 0 Å². The molecule has 2 fully saturated rings. The molecule has 0 bridgehead atoms. The van der Waals surface area contributed by atoms with Gasteiger partial charge in [0.05, 0.1) is 13.7 Å². The lowest BCUT2D eigenvalue weighted by atomic mass is 10.0. The van der Waals surface area contributed by atoms with E-state index < -0.39 is 91.6 Å². The molecule has 3 rings (SSSR count). The lowest BCUT2D eigenvalue weighted by molar-refractivity contribution is -0.306. The Balaban J connectivity index is 1.80. The molecule has 0 N–H and O–H groups in total. The predicted molar refractivity (Wildman–Crippen MR) is 157 cm³/mol. The molecule has 48 heavy (non-hydrogen) atoms. The van der Waals surface area contributed by atoms with Gasteiger partial charge in [-0.3, -0.25) is 24.0 Å². The van der Waals surface area contributed by atoms with E-state index >= 15 is 0 Å². The standard InChI is InChI=1S/C31H38O17/c1-15(32)42-21-10-8-20(12-22(21)38-6)9-11-25(37)40-13-24-26(44-17(3)34)28(39-7)31(47-24)48-27-23(43-16(2)33)14-41-30(46-19(5)36)29(27)45-18(4)35/h8-12,23-24,26-31H,13-14H2,1-7H3/b11-9+/t23-,24+,26+,27+,28-,29-,30+,31+/m1/s1. The molecule has 1 aromatic carbocycles. The first-order chi connectivity index (χ1) is 22.7. The van der Waals surface area contributed by atoms with E-state index in [1.54, 1.807) is 12.1 Å². The Kier molecular flexibility index (Phi) is 13.8. The maximum absolute atomic E-state index is 12.6. The second-order valence-corrected chi connectivity index (χ2v) is 10.4. The van der Waals surface area contributed by atoms with E-state index in [0.29, 0.717) is 5.56 Å². The van der Waals surface area contributed by atoms with E-state index in [2.05, 4.69) is 0 Å². The SMILES string of the molecule is COc1cc(/C=C/C(=O)OC[C@@H]2O[C@@H](O[C@@H]3[C@@H](OC(C)=O)[C@H](OC(C)=O)OC[C@H]3OC(C)=O)[C@H](OC)[C@H]2OC(C)=O)ccc1OC(C)=O. The number of benzene rings is 1. The summed E-state index contributed by atoms with van der Waals surface area (Å²) in [6, 6.07) is 4.62. The Morgan fingerprint density at radius 3 is 1.98 bits per heavy atom. The van der Waals surface area contributed by atoms with E-state index in [1.165, 1.54) is 33.3 Å². The number of rotatable bonds is 13. The quantitative estimate of drug-likeness (QED) is 0.123. The van der Waals surface area contributed by atoms with Crippen LogP contribution in [0.25, 0.3) is 6.08 Å². The second-order valence-electron chi connectivity index (χ2n) is 10.4.